The molecule has 0 N–H and O–H groups in total. The molecule has 0 aliphatic heterocycles. The van der Waals surface area contributed by atoms with E-state index in [0.717, 1.165) is 94.4 Å². The fourth-order valence-electron chi connectivity index (χ4n) is 9.25. The average molecular weight is 769 g/mol. The molecule has 5 nitrogen and oxygen atoms in total. The van der Waals surface area contributed by atoms with Gasteiger partial charge in [-0.1, -0.05) is 146 Å². The lowest BCUT2D eigenvalue weighted by atomic mass is 9.89. The summed E-state index contributed by atoms with van der Waals surface area (Å²) in [6.45, 7) is 2.20. The Labute approximate surface area is 345 Å². The number of furan rings is 1. The molecule has 0 spiro atoms. The van der Waals surface area contributed by atoms with Crippen LogP contribution in [-0.2, 0) is 6.42 Å². The number of fused-ring (bicyclic) bond motifs is 11. The second kappa shape index (κ2) is 13.6. The van der Waals surface area contributed by atoms with E-state index >= 15 is 0 Å². The van der Waals surface area contributed by atoms with Crippen molar-refractivity contribution in [2.45, 2.75) is 13.3 Å². The highest BCUT2D eigenvalue weighted by molar-refractivity contribution is 6.34. The predicted molar refractivity (Wildman–Crippen MR) is 247 cm³/mol. The van der Waals surface area contributed by atoms with Crippen LogP contribution in [-0.4, -0.2) is 19.5 Å². The van der Waals surface area contributed by atoms with Gasteiger partial charge in [0.15, 0.2) is 5.58 Å². The molecule has 0 aliphatic rings. The van der Waals surface area contributed by atoms with Crippen LogP contribution >= 0.6 is 0 Å². The van der Waals surface area contributed by atoms with Crippen molar-refractivity contribution in [2.24, 2.45) is 0 Å². The van der Waals surface area contributed by atoms with Crippen molar-refractivity contribution < 1.29 is 4.42 Å². The number of hydrogen-bond acceptors (Lipinski definition) is 4. The van der Waals surface area contributed by atoms with Gasteiger partial charge in [-0.15, -0.1) is 0 Å². The topological polar surface area (TPSA) is 56.7 Å². The molecule has 0 unspecified atom stereocenters. The van der Waals surface area contributed by atoms with Crippen LogP contribution < -0.4 is 0 Å². The van der Waals surface area contributed by atoms with Crippen LogP contribution in [0.4, 0.5) is 0 Å². The van der Waals surface area contributed by atoms with Gasteiger partial charge in [-0.05, 0) is 88.7 Å². The van der Waals surface area contributed by atoms with Crippen LogP contribution in [0.3, 0.4) is 0 Å². The highest BCUT2D eigenvalue weighted by atomic mass is 16.3. The zero-order valence-corrected chi connectivity index (χ0v) is 32.8. The third kappa shape index (κ3) is 5.36. The second-order valence-electron chi connectivity index (χ2n) is 15.6. The Bertz CT molecular complexity index is 3640. The Morgan fingerprint density at radius 2 is 1.25 bits per heavy atom. The van der Waals surface area contributed by atoms with Gasteiger partial charge in [0.25, 0.3) is 0 Å². The summed E-state index contributed by atoms with van der Waals surface area (Å²) in [5.74, 6) is 0.581. The van der Waals surface area contributed by atoms with E-state index in [1.54, 1.807) is 0 Å². The number of nitrogens with zero attached hydrogens (tertiary/aromatic N) is 4. The molecule has 0 amide bonds. The maximum absolute atomic E-state index is 6.90. The molecule has 4 aromatic heterocycles. The minimum atomic E-state index is 0.581. The molecule has 0 saturated carbocycles. The van der Waals surface area contributed by atoms with E-state index in [0.29, 0.717) is 5.95 Å². The van der Waals surface area contributed by atoms with Crippen molar-refractivity contribution in [3.8, 4) is 39.5 Å². The quantitative estimate of drug-likeness (QED) is 0.169. The van der Waals surface area contributed by atoms with Crippen molar-refractivity contribution in [2.75, 3.05) is 0 Å². The zero-order valence-electron chi connectivity index (χ0n) is 32.8. The van der Waals surface area contributed by atoms with E-state index in [1.807, 2.05) is 36.5 Å². The predicted octanol–water partition coefficient (Wildman–Crippen LogP) is 14.1. The van der Waals surface area contributed by atoms with Crippen molar-refractivity contribution in [3.05, 3.63) is 205 Å². The van der Waals surface area contributed by atoms with Crippen molar-refractivity contribution in [1.82, 2.24) is 19.5 Å². The summed E-state index contributed by atoms with van der Waals surface area (Å²) in [7, 11) is 0. The van der Waals surface area contributed by atoms with Gasteiger partial charge in [-0.3, -0.25) is 9.55 Å². The summed E-state index contributed by atoms with van der Waals surface area (Å²) in [6, 6.07) is 64.3. The Morgan fingerprint density at radius 3 is 2.12 bits per heavy atom. The number of rotatable bonds is 6. The molecule has 0 aliphatic carbocycles. The lowest BCUT2D eigenvalue weighted by Gasteiger charge is -2.15. The van der Waals surface area contributed by atoms with Gasteiger partial charge in [0.1, 0.15) is 11.1 Å². The standard InChI is InChI=1S/C55H36N4O/c1-34-15-8-9-20-40(34)44-32-37(26-27-39(44)31-35-16-4-2-5-17-35)38-28-29-47-45(33-38)49-43-23-14-30-56-52(43)50-42-22-11-13-25-48(42)60-54(50)53(49)59(47)55-57-46-24-12-10-21-41(46)51(58-55)36-18-6-3-7-19-36/h2-30,32-33H,31H2,1H3. The van der Waals surface area contributed by atoms with Gasteiger partial charge in [0.2, 0.25) is 5.95 Å². The summed E-state index contributed by atoms with van der Waals surface area (Å²) in [5.41, 5.74) is 15.8. The molecule has 12 rings (SSSR count). The van der Waals surface area contributed by atoms with Crippen LogP contribution in [0.25, 0.3) is 105 Å². The molecular weight excluding hydrogens is 733 g/mol. The Kier molecular flexibility index (Phi) is 7.75. The molecule has 4 heterocycles. The van der Waals surface area contributed by atoms with Gasteiger partial charge in [-0.2, -0.15) is 0 Å². The Balaban J connectivity index is 1.18. The summed E-state index contributed by atoms with van der Waals surface area (Å²) >= 11 is 0. The number of hydrogen-bond donors (Lipinski definition) is 0. The third-order valence-corrected chi connectivity index (χ3v) is 12.0. The molecule has 0 radical (unpaired) electrons. The maximum atomic E-state index is 6.90. The van der Waals surface area contributed by atoms with Crippen LogP contribution in [0, 0.1) is 6.92 Å². The monoisotopic (exact) mass is 768 g/mol. The third-order valence-electron chi connectivity index (χ3n) is 12.0. The molecule has 0 fully saturated rings. The van der Waals surface area contributed by atoms with Gasteiger partial charge in [0, 0.05) is 38.7 Å². The van der Waals surface area contributed by atoms with E-state index < -0.39 is 0 Å². The van der Waals surface area contributed by atoms with E-state index in [2.05, 4.69) is 163 Å². The number of aromatic nitrogens is 4. The normalized spacial score (nSPS) is 11.8. The van der Waals surface area contributed by atoms with Crippen LogP contribution in [0.15, 0.2) is 193 Å². The molecule has 60 heavy (non-hydrogen) atoms. The SMILES string of the molecule is Cc1ccccc1-c1cc(-c2ccc3c(c2)c2c4cccnc4c4c5ccccc5oc4c2n3-c2nc(-c3ccccc3)c3ccccc3n2)ccc1Cc1ccccc1. The van der Waals surface area contributed by atoms with Gasteiger partial charge in [-0.25, -0.2) is 9.97 Å². The van der Waals surface area contributed by atoms with Crippen molar-refractivity contribution in [3.63, 3.8) is 0 Å². The maximum Gasteiger partial charge on any atom is 0.235 e. The fraction of sp³-hybridized carbons (Fsp3) is 0.0364. The average Bonchev–Trinajstić information content (AvgIpc) is 3.86. The van der Waals surface area contributed by atoms with Crippen molar-refractivity contribution in [1.29, 1.82) is 0 Å². The van der Waals surface area contributed by atoms with E-state index in [-0.39, 0.29) is 0 Å². The lowest BCUT2D eigenvalue weighted by molar-refractivity contribution is 0.671. The molecule has 12 aromatic rings. The Hall–Kier alpha value is -7.89. The van der Waals surface area contributed by atoms with E-state index in [4.69, 9.17) is 19.4 Å². The van der Waals surface area contributed by atoms with Gasteiger partial charge < -0.3 is 4.42 Å². The highest BCUT2D eigenvalue weighted by Crippen LogP contribution is 2.46. The first-order chi connectivity index (χ1) is 29.7. The van der Waals surface area contributed by atoms with E-state index in [9.17, 15) is 0 Å². The fourth-order valence-corrected chi connectivity index (χ4v) is 9.25. The highest BCUT2D eigenvalue weighted by Gasteiger charge is 2.26. The van der Waals surface area contributed by atoms with Crippen LogP contribution in [0.1, 0.15) is 16.7 Å². The first-order valence-corrected chi connectivity index (χ1v) is 20.4. The smallest absolute Gasteiger partial charge is 0.235 e. The second-order valence-corrected chi connectivity index (χ2v) is 15.6. The molecule has 0 atom stereocenters. The first-order valence-electron chi connectivity index (χ1n) is 20.4. The van der Waals surface area contributed by atoms with Crippen molar-refractivity contribution >= 4 is 65.6 Å². The summed E-state index contributed by atoms with van der Waals surface area (Å²) in [5, 5.41) is 6.19. The molecule has 0 bridgehead atoms. The number of para-hydroxylation sites is 2. The largest absolute Gasteiger partial charge is 0.454 e. The molecule has 0 saturated heterocycles. The lowest BCUT2D eigenvalue weighted by Crippen LogP contribution is -2.03. The zero-order chi connectivity index (χ0) is 39.7. The van der Waals surface area contributed by atoms with Crippen LogP contribution in [0.2, 0.25) is 0 Å². The number of benzene rings is 8. The molecule has 5 heteroatoms. The van der Waals surface area contributed by atoms with Gasteiger partial charge in [0.05, 0.1) is 27.6 Å². The number of aryl methyl sites for hydroxylation is 1. The van der Waals surface area contributed by atoms with Crippen LogP contribution in [0.5, 0.6) is 0 Å². The molecule has 8 aromatic carbocycles. The minimum Gasteiger partial charge on any atom is -0.454 e. The summed E-state index contributed by atoms with van der Waals surface area (Å²) in [4.78, 5) is 15.8. The summed E-state index contributed by atoms with van der Waals surface area (Å²) < 4.78 is 9.12. The summed E-state index contributed by atoms with van der Waals surface area (Å²) in [6.07, 6.45) is 2.73. The first kappa shape index (κ1) is 34.2. The molecular formula is C55H36N4O. The molecule has 282 valence electrons. The number of pyridine rings is 1. The minimum absolute atomic E-state index is 0.581. The van der Waals surface area contributed by atoms with Gasteiger partial charge >= 0.3 is 0 Å². The van der Waals surface area contributed by atoms with E-state index in [1.165, 1.54) is 27.8 Å². The Morgan fingerprint density at radius 1 is 0.533 bits per heavy atom.